The summed E-state index contributed by atoms with van der Waals surface area (Å²) >= 11 is 0. The predicted molar refractivity (Wildman–Crippen MR) is 78.8 cm³/mol. The van der Waals surface area contributed by atoms with Gasteiger partial charge in [-0.15, -0.1) is 0 Å². The van der Waals surface area contributed by atoms with Gasteiger partial charge in [-0.25, -0.2) is 0 Å². The van der Waals surface area contributed by atoms with E-state index in [0.29, 0.717) is 5.92 Å². The molecule has 2 rings (SSSR count). The molecule has 1 heteroatoms. The Bertz CT molecular complexity index is 397. The number of aryl methyl sites for hydroxylation is 2. The van der Waals surface area contributed by atoms with Crippen LogP contribution in [-0.2, 0) is 0 Å². The summed E-state index contributed by atoms with van der Waals surface area (Å²) in [6.07, 6.45) is 5.50. The van der Waals surface area contributed by atoms with Gasteiger partial charge in [0.1, 0.15) is 0 Å². The number of hydrogen-bond acceptors (Lipinski definition) is 1. The number of benzene rings is 1. The summed E-state index contributed by atoms with van der Waals surface area (Å²) < 4.78 is 0. The Morgan fingerprint density at radius 1 is 1.28 bits per heavy atom. The van der Waals surface area contributed by atoms with Crippen molar-refractivity contribution >= 4 is 0 Å². The van der Waals surface area contributed by atoms with E-state index in [1.54, 1.807) is 0 Å². The second kappa shape index (κ2) is 5.88. The maximum Gasteiger partial charge on any atom is -0.000546 e. The summed E-state index contributed by atoms with van der Waals surface area (Å²) in [6, 6.07) is 6.81. The predicted octanol–water partition coefficient (Wildman–Crippen LogP) is 4.17. The summed E-state index contributed by atoms with van der Waals surface area (Å²) in [4.78, 5) is 0. The average Bonchev–Trinajstić information content (AvgIpc) is 2.35. The lowest BCUT2D eigenvalue weighted by molar-refractivity contribution is 0.247. The Hall–Kier alpha value is -0.820. The maximum absolute atomic E-state index is 6.10. The first-order valence-electron chi connectivity index (χ1n) is 7.39. The quantitative estimate of drug-likeness (QED) is 0.849. The van der Waals surface area contributed by atoms with Crippen molar-refractivity contribution in [2.75, 3.05) is 6.54 Å². The Balaban J connectivity index is 2.24. The molecule has 100 valence electrons. The first-order valence-corrected chi connectivity index (χ1v) is 7.39. The van der Waals surface area contributed by atoms with Gasteiger partial charge in [-0.1, -0.05) is 43.5 Å². The van der Waals surface area contributed by atoms with Crippen molar-refractivity contribution < 1.29 is 0 Å². The SMILES string of the molecule is Cc1ccc(C)c(C(CN)C2CCCC(C)C2)c1. The van der Waals surface area contributed by atoms with Crippen molar-refractivity contribution in [2.45, 2.75) is 52.4 Å². The maximum atomic E-state index is 6.10. The third kappa shape index (κ3) is 2.95. The first kappa shape index (κ1) is 13.6. The van der Waals surface area contributed by atoms with Crippen molar-refractivity contribution in [1.82, 2.24) is 0 Å². The molecule has 1 fully saturated rings. The highest BCUT2D eigenvalue weighted by atomic mass is 14.6. The first-order chi connectivity index (χ1) is 8.61. The topological polar surface area (TPSA) is 26.0 Å². The zero-order valence-corrected chi connectivity index (χ0v) is 12.1. The van der Waals surface area contributed by atoms with E-state index >= 15 is 0 Å². The molecule has 1 aromatic rings. The van der Waals surface area contributed by atoms with Crippen molar-refractivity contribution in [1.29, 1.82) is 0 Å². The van der Waals surface area contributed by atoms with Crippen LogP contribution in [0.5, 0.6) is 0 Å². The fourth-order valence-electron chi connectivity index (χ4n) is 3.58. The van der Waals surface area contributed by atoms with Crippen molar-refractivity contribution in [3.63, 3.8) is 0 Å². The smallest absolute Gasteiger partial charge is 0.000546 e. The Labute approximate surface area is 112 Å². The van der Waals surface area contributed by atoms with Crippen LogP contribution in [0.1, 0.15) is 55.2 Å². The Morgan fingerprint density at radius 2 is 2.06 bits per heavy atom. The zero-order valence-electron chi connectivity index (χ0n) is 12.1. The van der Waals surface area contributed by atoms with Gasteiger partial charge in [0.25, 0.3) is 0 Å². The van der Waals surface area contributed by atoms with Gasteiger partial charge in [-0.2, -0.15) is 0 Å². The van der Waals surface area contributed by atoms with Crippen LogP contribution in [0, 0.1) is 25.7 Å². The van der Waals surface area contributed by atoms with Crippen LogP contribution in [0.15, 0.2) is 18.2 Å². The molecule has 1 nitrogen and oxygen atoms in total. The van der Waals surface area contributed by atoms with E-state index in [4.69, 9.17) is 5.73 Å². The molecule has 0 saturated heterocycles. The van der Waals surface area contributed by atoms with Crippen LogP contribution in [0.25, 0.3) is 0 Å². The molecule has 0 radical (unpaired) electrons. The average molecular weight is 245 g/mol. The van der Waals surface area contributed by atoms with Gasteiger partial charge in [-0.3, -0.25) is 0 Å². The van der Waals surface area contributed by atoms with Gasteiger partial charge >= 0.3 is 0 Å². The van der Waals surface area contributed by atoms with Crippen LogP contribution in [-0.4, -0.2) is 6.54 Å². The summed E-state index contributed by atoms with van der Waals surface area (Å²) in [7, 11) is 0. The molecular weight excluding hydrogens is 218 g/mol. The second-order valence-electron chi connectivity index (χ2n) is 6.23. The summed E-state index contributed by atoms with van der Waals surface area (Å²) in [6.45, 7) is 7.59. The second-order valence-corrected chi connectivity index (χ2v) is 6.23. The third-order valence-electron chi connectivity index (χ3n) is 4.63. The van der Waals surface area contributed by atoms with Gasteiger partial charge in [0.2, 0.25) is 0 Å². The number of hydrogen-bond donors (Lipinski definition) is 1. The van der Waals surface area contributed by atoms with Gasteiger partial charge in [0, 0.05) is 0 Å². The largest absolute Gasteiger partial charge is 0.330 e. The normalized spacial score (nSPS) is 26.0. The van der Waals surface area contributed by atoms with Gasteiger partial charge in [0.05, 0.1) is 0 Å². The number of nitrogens with two attached hydrogens (primary N) is 1. The zero-order chi connectivity index (χ0) is 13.1. The highest BCUT2D eigenvalue weighted by Gasteiger charge is 2.27. The standard InChI is InChI=1S/C17H27N/c1-12-5-4-6-15(9-12)17(11-18)16-10-13(2)7-8-14(16)3/h7-8,10,12,15,17H,4-6,9,11,18H2,1-3H3. The van der Waals surface area contributed by atoms with E-state index in [2.05, 4.69) is 39.0 Å². The molecule has 3 atom stereocenters. The van der Waals surface area contributed by atoms with E-state index in [9.17, 15) is 0 Å². The molecule has 0 amide bonds. The molecule has 1 aliphatic rings. The molecule has 0 aliphatic heterocycles. The Morgan fingerprint density at radius 3 is 2.72 bits per heavy atom. The van der Waals surface area contributed by atoms with Gasteiger partial charge in [0.15, 0.2) is 0 Å². The molecule has 1 aromatic carbocycles. The van der Waals surface area contributed by atoms with Gasteiger partial charge in [-0.05, 0) is 62.1 Å². The fourth-order valence-corrected chi connectivity index (χ4v) is 3.58. The molecule has 1 saturated carbocycles. The minimum atomic E-state index is 0.563. The summed E-state index contributed by atoms with van der Waals surface area (Å²) in [5.74, 6) is 2.23. The van der Waals surface area contributed by atoms with Crippen molar-refractivity contribution in [3.8, 4) is 0 Å². The van der Waals surface area contributed by atoms with Crippen LogP contribution in [0.3, 0.4) is 0 Å². The molecule has 18 heavy (non-hydrogen) atoms. The van der Waals surface area contributed by atoms with E-state index in [-0.39, 0.29) is 0 Å². The lowest BCUT2D eigenvalue weighted by Crippen LogP contribution is -2.26. The third-order valence-corrected chi connectivity index (χ3v) is 4.63. The van der Waals surface area contributed by atoms with Crippen LogP contribution < -0.4 is 5.73 Å². The number of rotatable bonds is 3. The van der Waals surface area contributed by atoms with Gasteiger partial charge < -0.3 is 5.73 Å². The lowest BCUT2D eigenvalue weighted by atomic mass is 9.72. The molecule has 0 spiro atoms. The molecule has 0 heterocycles. The Kier molecular flexibility index (Phi) is 4.45. The minimum absolute atomic E-state index is 0.563. The molecule has 2 N–H and O–H groups in total. The molecule has 1 aliphatic carbocycles. The van der Waals surface area contributed by atoms with Crippen molar-refractivity contribution in [3.05, 3.63) is 34.9 Å². The molecule has 0 bridgehead atoms. The van der Waals surface area contributed by atoms with E-state index in [0.717, 1.165) is 18.4 Å². The summed E-state index contributed by atoms with van der Waals surface area (Å²) in [5, 5.41) is 0. The minimum Gasteiger partial charge on any atom is -0.330 e. The van der Waals surface area contributed by atoms with E-state index < -0.39 is 0 Å². The molecule has 3 unspecified atom stereocenters. The van der Waals surface area contributed by atoms with Crippen molar-refractivity contribution in [2.24, 2.45) is 17.6 Å². The van der Waals surface area contributed by atoms with Crippen LogP contribution >= 0.6 is 0 Å². The van der Waals surface area contributed by atoms with Crippen LogP contribution in [0.4, 0.5) is 0 Å². The molecule has 0 aromatic heterocycles. The molecular formula is C17H27N. The lowest BCUT2D eigenvalue weighted by Gasteiger charge is -2.33. The van der Waals surface area contributed by atoms with E-state index in [1.165, 1.54) is 42.4 Å². The fraction of sp³-hybridized carbons (Fsp3) is 0.647. The monoisotopic (exact) mass is 245 g/mol. The van der Waals surface area contributed by atoms with E-state index in [1.807, 2.05) is 0 Å². The highest BCUT2D eigenvalue weighted by Crippen LogP contribution is 2.39. The summed E-state index contributed by atoms with van der Waals surface area (Å²) in [5.41, 5.74) is 10.4. The highest BCUT2D eigenvalue weighted by molar-refractivity contribution is 5.34. The van der Waals surface area contributed by atoms with Crippen LogP contribution in [0.2, 0.25) is 0 Å².